The molecular weight excluding hydrogens is 453 g/mol. The number of aromatic nitrogens is 2. The van der Waals surface area contributed by atoms with Crippen LogP contribution in [0.4, 0.5) is 19.0 Å². The molecule has 0 saturated carbocycles. The van der Waals surface area contributed by atoms with E-state index in [1.807, 2.05) is 6.07 Å². The van der Waals surface area contributed by atoms with Crippen molar-refractivity contribution in [3.63, 3.8) is 0 Å². The van der Waals surface area contributed by atoms with Gasteiger partial charge in [-0.2, -0.15) is 0 Å². The molecule has 6 nitrogen and oxygen atoms in total. The van der Waals surface area contributed by atoms with Crippen molar-refractivity contribution in [2.75, 3.05) is 23.9 Å². The number of alkyl halides is 2. The highest BCUT2D eigenvalue weighted by Crippen LogP contribution is 2.36. The van der Waals surface area contributed by atoms with Gasteiger partial charge in [-0.1, -0.05) is 24.3 Å². The number of methoxy groups -OCH3 is 1. The highest BCUT2D eigenvalue weighted by molar-refractivity contribution is 7.92. The van der Waals surface area contributed by atoms with Gasteiger partial charge in [0.25, 0.3) is 6.43 Å². The van der Waals surface area contributed by atoms with E-state index in [0.717, 1.165) is 17.2 Å². The normalized spacial score (nSPS) is 19.4. The second-order valence-corrected chi connectivity index (χ2v) is 10.2. The second kappa shape index (κ2) is 9.01. The van der Waals surface area contributed by atoms with Crippen LogP contribution in [0.25, 0.3) is 16.5 Å². The fraction of sp³-hybridized carbons (Fsp3) is 0.304. The Morgan fingerprint density at radius 2 is 1.97 bits per heavy atom. The molecule has 0 bridgehead atoms. The van der Waals surface area contributed by atoms with Gasteiger partial charge in [0.2, 0.25) is 0 Å². The first-order chi connectivity index (χ1) is 15.7. The van der Waals surface area contributed by atoms with E-state index in [9.17, 15) is 17.4 Å². The molecule has 1 aliphatic heterocycles. The highest BCUT2D eigenvalue weighted by atomic mass is 32.2. The third-order valence-electron chi connectivity index (χ3n) is 5.72. The predicted octanol–water partition coefficient (Wildman–Crippen LogP) is 5.72. The van der Waals surface area contributed by atoms with Gasteiger partial charge in [-0.05, 0) is 25.0 Å². The average Bonchev–Trinajstić information content (AvgIpc) is 2.78. The zero-order valence-corrected chi connectivity index (χ0v) is 18.9. The molecule has 1 aromatic heterocycles. The van der Waals surface area contributed by atoms with E-state index in [-0.39, 0.29) is 17.1 Å². The maximum atomic E-state index is 14.6. The summed E-state index contributed by atoms with van der Waals surface area (Å²) in [5.74, 6) is 0.503. The summed E-state index contributed by atoms with van der Waals surface area (Å²) in [6.07, 6.45) is 0.724. The maximum Gasteiger partial charge on any atom is 0.266 e. The Hall–Kier alpha value is -3.14. The van der Waals surface area contributed by atoms with E-state index in [0.29, 0.717) is 28.9 Å². The van der Waals surface area contributed by atoms with Crippen molar-refractivity contribution in [1.29, 1.82) is 4.78 Å². The molecule has 10 heteroatoms. The minimum Gasteiger partial charge on any atom is -0.496 e. The van der Waals surface area contributed by atoms with E-state index in [1.165, 1.54) is 18.5 Å². The molecule has 1 aliphatic rings. The van der Waals surface area contributed by atoms with E-state index in [1.54, 1.807) is 26.2 Å². The van der Waals surface area contributed by atoms with Gasteiger partial charge in [0.05, 0.1) is 30.0 Å². The first-order valence-electron chi connectivity index (χ1n) is 10.3. The number of hydrogen-bond acceptors (Lipinski definition) is 6. The minimum absolute atomic E-state index is 0.105. The van der Waals surface area contributed by atoms with E-state index < -0.39 is 33.6 Å². The largest absolute Gasteiger partial charge is 0.496 e. The number of nitrogens with zero attached hydrogens (tertiary/aromatic N) is 2. The number of halogens is 3. The van der Waals surface area contributed by atoms with Gasteiger partial charge in [0.15, 0.2) is 0 Å². The molecule has 2 atom stereocenters. The van der Waals surface area contributed by atoms with Crippen LogP contribution in [0.2, 0.25) is 0 Å². The Morgan fingerprint density at radius 3 is 2.64 bits per heavy atom. The molecule has 2 heterocycles. The van der Waals surface area contributed by atoms with Crippen LogP contribution in [0.15, 0.2) is 42.7 Å². The van der Waals surface area contributed by atoms with Crippen LogP contribution in [0.1, 0.15) is 42.5 Å². The van der Waals surface area contributed by atoms with Gasteiger partial charge in [0.1, 0.15) is 23.7 Å². The molecule has 2 unspecified atom stereocenters. The Labute approximate surface area is 189 Å². The SMILES string of the molecule is COc1cc2ncnc(NC(C)c3cccc(C(F)F)c3F)c2cc1C1=CCS(=N)(=O)CC1. The predicted molar refractivity (Wildman–Crippen MR) is 123 cm³/mol. The summed E-state index contributed by atoms with van der Waals surface area (Å²) in [5, 5.41) is 3.76. The topological polar surface area (TPSA) is 88.0 Å². The van der Waals surface area contributed by atoms with Crippen LogP contribution >= 0.6 is 0 Å². The van der Waals surface area contributed by atoms with Crippen molar-refractivity contribution in [1.82, 2.24) is 9.97 Å². The van der Waals surface area contributed by atoms with Crippen molar-refractivity contribution in [3.05, 3.63) is 65.2 Å². The number of nitrogens with one attached hydrogen (secondary N) is 2. The monoisotopic (exact) mass is 476 g/mol. The van der Waals surface area contributed by atoms with Gasteiger partial charge in [-0.25, -0.2) is 27.3 Å². The molecule has 2 N–H and O–H groups in total. The van der Waals surface area contributed by atoms with Crippen LogP contribution in [0.5, 0.6) is 5.75 Å². The molecule has 4 rings (SSSR count). The second-order valence-electron chi connectivity index (χ2n) is 7.87. The van der Waals surface area contributed by atoms with Crippen LogP contribution < -0.4 is 10.1 Å². The highest BCUT2D eigenvalue weighted by Gasteiger charge is 2.22. The first kappa shape index (κ1) is 23.0. The van der Waals surface area contributed by atoms with Crippen molar-refractivity contribution in [2.24, 2.45) is 0 Å². The summed E-state index contributed by atoms with van der Waals surface area (Å²) in [4.78, 5) is 8.59. The molecule has 0 aliphatic carbocycles. The summed E-state index contributed by atoms with van der Waals surface area (Å²) in [6.45, 7) is 1.67. The third-order valence-corrected chi connectivity index (χ3v) is 7.28. The minimum atomic E-state index is -2.91. The molecule has 0 saturated heterocycles. The number of benzene rings is 2. The summed E-state index contributed by atoms with van der Waals surface area (Å²) in [7, 11) is -1.05. The lowest BCUT2D eigenvalue weighted by atomic mass is 9.99. The standard InChI is InChI=1S/C23H23F3N4O2S/c1-13(15-4-3-5-16(21(15)24)22(25)26)30-23-18-10-17(14-6-8-33(27,31)9-7-14)20(32-2)11-19(18)28-12-29-23/h3-6,10-13,22,27H,7-9H2,1-2H3,(H,28,29,30). The van der Waals surface area contributed by atoms with E-state index in [2.05, 4.69) is 15.3 Å². The summed E-state index contributed by atoms with van der Waals surface area (Å²) in [6, 6.07) is 6.89. The van der Waals surface area contributed by atoms with Crippen molar-refractivity contribution in [2.45, 2.75) is 25.8 Å². The molecule has 2 aromatic carbocycles. The fourth-order valence-corrected chi connectivity index (χ4v) is 5.10. The zero-order valence-electron chi connectivity index (χ0n) is 18.1. The Kier molecular flexibility index (Phi) is 6.29. The number of rotatable bonds is 6. The Bertz CT molecular complexity index is 1340. The molecule has 0 fully saturated rings. The van der Waals surface area contributed by atoms with E-state index >= 15 is 0 Å². The Balaban J connectivity index is 1.75. The average molecular weight is 477 g/mol. The quantitative estimate of drug-likeness (QED) is 0.475. The zero-order chi connectivity index (χ0) is 23.8. The smallest absolute Gasteiger partial charge is 0.266 e. The molecular formula is C23H23F3N4O2S. The molecule has 0 spiro atoms. The van der Waals surface area contributed by atoms with Gasteiger partial charge in [-0.15, -0.1) is 0 Å². The number of hydrogen-bond donors (Lipinski definition) is 2. The van der Waals surface area contributed by atoms with Crippen LogP contribution in [0, 0.1) is 10.6 Å². The number of fused-ring (bicyclic) bond motifs is 1. The van der Waals surface area contributed by atoms with Gasteiger partial charge < -0.3 is 10.1 Å². The summed E-state index contributed by atoms with van der Waals surface area (Å²) < 4.78 is 66.3. The first-order valence-corrected chi connectivity index (χ1v) is 12.2. The molecule has 3 aromatic rings. The number of anilines is 1. The van der Waals surface area contributed by atoms with Crippen molar-refractivity contribution >= 4 is 32.0 Å². The van der Waals surface area contributed by atoms with Gasteiger partial charge >= 0.3 is 0 Å². The maximum absolute atomic E-state index is 14.6. The van der Waals surface area contributed by atoms with Crippen LogP contribution in [-0.4, -0.2) is 32.8 Å². The molecule has 0 amide bonds. The molecule has 174 valence electrons. The van der Waals surface area contributed by atoms with Gasteiger partial charge in [-0.3, -0.25) is 4.78 Å². The van der Waals surface area contributed by atoms with Crippen LogP contribution in [-0.2, 0) is 9.73 Å². The van der Waals surface area contributed by atoms with Gasteiger partial charge in [0, 0.05) is 38.1 Å². The summed E-state index contributed by atoms with van der Waals surface area (Å²) >= 11 is 0. The van der Waals surface area contributed by atoms with Crippen molar-refractivity contribution in [3.8, 4) is 5.75 Å². The molecule has 0 radical (unpaired) electrons. The number of ether oxygens (including phenoxy) is 1. The Morgan fingerprint density at radius 1 is 1.21 bits per heavy atom. The van der Waals surface area contributed by atoms with Crippen molar-refractivity contribution < 1.29 is 22.1 Å². The fourth-order valence-electron chi connectivity index (χ4n) is 3.91. The lowest BCUT2D eigenvalue weighted by Crippen LogP contribution is -2.14. The van der Waals surface area contributed by atoms with E-state index in [4.69, 9.17) is 9.52 Å². The third kappa shape index (κ3) is 4.66. The number of allylic oxidation sites excluding steroid dienone is 1. The lowest BCUT2D eigenvalue weighted by molar-refractivity contribution is 0.146. The van der Waals surface area contributed by atoms with Crippen LogP contribution in [0.3, 0.4) is 0 Å². The summed E-state index contributed by atoms with van der Waals surface area (Å²) in [5.41, 5.74) is 1.74. The molecule has 33 heavy (non-hydrogen) atoms. The lowest BCUT2D eigenvalue weighted by Gasteiger charge is -2.20.